The lowest BCUT2D eigenvalue weighted by atomic mass is 10.1. The molecule has 148 valence electrons. The molecule has 0 radical (unpaired) electrons. The van der Waals surface area contributed by atoms with E-state index in [1.807, 2.05) is 36.4 Å². The third-order valence-corrected chi connectivity index (χ3v) is 5.22. The van der Waals surface area contributed by atoms with Gasteiger partial charge in [-0.3, -0.25) is 5.32 Å². The van der Waals surface area contributed by atoms with Crippen LogP contribution in [0, 0.1) is 5.82 Å². The molecule has 0 fully saturated rings. The Balaban J connectivity index is 1.59. The molecule has 5 nitrogen and oxygen atoms in total. The molecule has 0 amide bonds. The highest BCUT2D eigenvalue weighted by Crippen LogP contribution is 2.26. The Morgan fingerprint density at radius 3 is 2.60 bits per heavy atom. The minimum absolute atomic E-state index is 0.115. The van der Waals surface area contributed by atoms with Gasteiger partial charge < -0.3 is 4.42 Å². The third kappa shape index (κ3) is 3.37. The van der Waals surface area contributed by atoms with E-state index < -0.39 is 6.04 Å². The molecule has 0 aliphatic carbocycles. The highest BCUT2D eigenvalue weighted by atomic mass is 19.1. The maximum absolute atomic E-state index is 14.4. The summed E-state index contributed by atoms with van der Waals surface area (Å²) in [6.45, 7) is 0. The van der Waals surface area contributed by atoms with E-state index >= 15 is 0 Å². The molecule has 30 heavy (non-hydrogen) atoms. The van der Waals surface area contributed by atoms with Crippen LogP contribution in [-0.4, -0.2) is 16.9 Å². The number of nitrogens with one attached hydrogen (secondary N) is 1. The van der Waals surface area contributed by atoms with Crippen LogP contribution in [0.15, 0.2) is 83.6 Å². The van der Waals surface area contributed by atoms with Gasteiger partial charge >= 0.3 is 11.7 Å². The number of hydrogen-bond donors (Lipinski definition) is 1. The van der Waals surface area contributed by atoms with E-state index in [9.17, 15) is 9.18 Å². The topological polar surface area (TPSA) is 59.0 Å². The van der Waals surface area contributed by atoms with Crippen molar-refractivity contribution in [2.75, 3.05) is 5.32 Å². The summed E-state index contributed by atoms with van der Waals surface area (Å²) in [6, 6.07) is 19.5. The van der Waals surface area contributed by atoms with Crippen molar-refractivity contribution in [3.8, 4) is 11.3 Å². The highest BCUT2D eigenvalue weighted by molar-refractivity contribution is 5.82. The second-order valence-corrected chi connectivity index (χ2v) is 7.25. The van der Waals surface area contributed by atoms with Gasteiger partial charge in [-0.15, -0.1) is 0 Å². The van der Waals surface area contributed by atoms with Crippen molar-refractivity contribution in [3.63, 3.8) is 0 Å². The van der Waals surface area contributed by atoms with Gasteiger partial charge in [-0.1, -0.05) is 42.5 Å². The molecule has 6 heteroatoms. The van der Waals surface area contributed by atoms with Crippen molar-refractivity contribution in [1.82, 2.24) is 4.98 Å². The second kappa shape index (κ2) is 7.55. The summed E-state index contributed by atoms with van der Waals surface area (Å²) in [4.78, 5) is 17.9. The largest absolute Gasteiger partial charge is 0.469 e. The second-order valence-electron chi connectivity index (χ2n) is 7.25. The number of carbonyl (C=O) groups is 1. The number of anilines is 1. The van der Waals surface area contributed by atoms with Crippen LogP contribution in [0.4, 0.5) is 10.2 Å². The molecule has 0 saturated heterocycles. The van der Waals surface area contributed by atoms with Gasteiger partial charge in [0.2, 0.25) is 6.04 Å². The number of hydrogen-bond acceptors (Lipinski definition) is 4. The molecule has 0 bridgehead atoms. The van der Waals surface area contributed by atoms with Gasteiger partial charge in [0, 0.05) is 12.0 Å². The zero-order chi connectivity index (χ0) is 20.5. The number of rotatable bonds is 5. The number of furan rings is 1. The zero-order valence-electron chi connectivity index (χ0n) is 16.1. The van der Waals surface area contributed by atoms with Crippen molar-refractivity contribution in [1.29, 1.82) is 0 Å². The number of aromatic nitrogens is 2. The molecular weight excluding hydrogens is 381 g/mol. The summed E-state index contributed by atoms with van der Waals surface area (Å²) in [7, 11) is 0. The number of nitrogens with zero attached hydrogens (tertiary/aromatic N) is 2. The Hall–Kier alpha value is -3.80. The van der Waals surface area contributed by atoms with Crippen molar-refractivity contribution < 1.29 is 18.2 Å². The van der Waals surface area contributed by atoms with Crippen LogP contribution in [0.25, 0.3) is 11.3 Å². The zero-order valence-corrected chi connectivity index (χ0v) is 16.1. The lowest BCUT2D eigenvalue weighted by Gasteiger charge is -2.07. The average Bonchev–Trinajstić information content (AvgIpc) is 3.38. The smallest absolute Gasteiger partial charge is 0.359 e. The normalized spacial score (nSPS) is 15.1. The third-order valence-electron chi connectivity index (χ3n) is 5.22. The summed E-state index contributed by atoms with van der Waals surface area (Å²) in [5.74, 6) is 0.874. The van der Waals surface area contributed by atoms with E-state index in [-0.39, 0.29) is 11.7 Å². The molecule has 1 atom stereocenters. The van der Waals surface area contributed by atoms with E-state index in [2.05, 4.69) is 5.32 Å². The van der Waals surface area contributed by atoms with Gasteiger partial charge in [0.05, 0.1) is 12.7 Å². The molecule has 3 heterocycles. The monoisotopic (exact) mass is 400 g/mol. The first kappa shape index (κ1) is 18.2. The molecule has 1 N–H and O–H groups in total. The van der Waals surface area contributed by atoms with Gasteiger partial charge in [-0.2, -0.15) is 4.57 Å². The van der Waals surface area contributed by atoms with Crippen molar-refractivity contribution in [2.45, 2.75) is 18.9 Å². The summed E-state index contributed by atoms with van der Waals surface area (Å²) in [5, 5.41) is 3.30. The van der Waals surface area contributed by atoms with Crippen LogP contribution in [0.5, 0.6) is 0 Å². The summed E-state index contributed by atoms with van der Waals surface area (Å²) >= 11 is 0. The molecule has 1 aliphatic rings. The molecule has 2 aromatic carbocycles. The van der Waals surface area contributed by atoms with Crippen LogP contribution < -0.4 is 9.88 Å². The summed E-state index contributed by atoms with van der Waals surface area (Å²) in [6.07, 6.45) is 4.15. The minimum Gasteiger partial charge on any atom is -0.469 e. The quantitative estimate of drug-likeness (QED) is 0.514. The van der Waals surface area contributed by atoms with Gasteiger partial charge in [0.15, 0.2) is 0 Å². The van der Waals surface area contributed by atoms with Crippen LogP contribution >= 0.6 is 0 Å². The van der Waals surface area contributed by atoms with E-state index in [0.717, 1.165) is 11.3 Å². The fraction of sp³-hybridized carbons (Fsp3) is 0.125. The Labute approximate surface area is 172 Å². The number of halogens is 1. The molecule has 5 rings (SSSR count). The highest BCUT2D eigenvalue weighted by Gasteiger charge is 2.41. The van der Waals surface area contributed by atoms with Crippen molar-refractivity contribution in [3.05, 3.63) is 102 Å². The number of fused-ring (bicyclic) bond motifs is 1. The maximum Gasteiger partial charge on any atom is 0.359 e. The predicted molar refractivity (Wildman–Crippen MR) is 110 cm³/mol. The first-order chi connectivity index (χ1) is 14.7. The Morgan fingerprint density at radius 1 is 1.03 bits per heavy atom. The van der Waals surface area contributed by atoms with Gasteiger partial charge in [-0.05, 0) is 29.8 Å². The lowest BCUT2D eigenvalue weighted by Crippen LogP contribution is -2.44. The lowest BCUT2D eigenvalue weighted by molar-refractivity contribution is -0.552. The molecule has 0 saturated carbocycles. The van der Waals surface area contributed by atoms with Crippen LogP contribution in [0.2, 0.25) is 0 Å². The number of benzene rings is 2. The van der Waals surface area contributed by atoms with Gasteiger partial charge in [-0.25, -0.2) is 14.2 Å². The fourth-order valence-corrected chi connectivity index (χ4v) is 3.75. The molecule has 1 unspecified atom stereocenters. The van der Waals surface area contributed by atoms with Gasteiger partial charge in [0.25, 0.3) is 0 Å². The fourth-order valence-electron chi connectivity index (χ4n) is 3.75. The van der Waals surface area contributed by atoms with Crippen LogP contribution in [0.1, 0.15) is 21.8 Å². The first-order valence-electron chi connectivity index (χ1n) is 9.76. The van der Waals surface area contributed by atoms with Crippen molar-refractivity contribution >= 4 is 11.7 Å². The molecule has 2 aromatic heterocycles. The molecular formula is C24H19FN3O2+. The average molecular weight is 400 g/mol. The predicted octanol–water partition coefficient (Wildman–Crippen LogP) is 4.04. The summed E-state index contributed by atoms with van der Waals surface area (Å²) < 4.78 is 21.4. The van der Waals surface area contributed by atoms with Gasteiger partial charge in [0.1, 0.15) is 29.2 Å². The van der Waals surface area contributed by atoms with Crippen LogP contribution in [-0.2, 0) is 12.8 Å². The standard InChI is InChI=1S/C24H18FN3O2/c25-19-11-5-4-10-18(19)22-15-28-23(20(26-22)13-16-7-2-1-3-8-16)27-21(24(28)29)14-17-9-6-12-30-17/h1-12,15,21H,13-14H2/p+1. The maximum atomic E-state index is 14.4. The first-order valence-corrected chi connectivity index (χ1v) is 9.76. The summed E-state index contributed by atoms with van der Waals surface area (Å²) in [5.41, 5.74) is 2.54. The van der Waals surface area contributed by atoms with E-state index in [4.69, 9.17) is 9.40 Å². The Kier molecular flexibility index (Phi) is 4.59. The molecule has 0 spiro atoms. The number of carbonyl (C=O) groups excluding carboxylic acids is 1. The van der Waals surface area contributed by atoms with Crippen molar-refractivity contribution in [2.24, 2.45) is 0 Å². The molecule has 4 aromatic rings. The SMILES string of the molecule is O=C1C(Cc2ccco2)Nc2c(Cc3ccccc3)nc(-c3ccccc3F)c[n+]21. The van der Waals surface area contributed by atoms with E-state index in [1.165, 1.54) is 6.07 Å². The van der Waals surface area contributed by atoms with E-state index in [1.54, 1.807) is 41.3 Å². The Bertz CT molecular complexity index is 1210. The van der Waals surface area contributed by atoms with Crippen LogP contribution in [0.3, 0.4) is 0 Å². The minimum atomic E-state index is -0.469. The Morgan fingerprint density at radius 2 is 1.83 bits per heavy atom. The van der Waals surface area contributed by atoms with E-state index in [0.29, 0.717) is 35.6 Å². The molecule has 1 aliphatic heterocycles.